The first-order chi connectivity index (χ1) is 7.06. The van der Waals surface area contributed by atoms with Crippen molar-refractivity contribution in [2.45, 2.75) is 39.5 Å². The van der Waals surface area contributed by atoms with Crippen molar-refractivity contribution in [2.24, 2.45) is 5.92 Å². The van der Waals surface area contributed by atoms with E-state index in [1.165, 1.54) is 11.8 Å². The summed E-state index contributed by atoms with van der Waals surface area (Å²) in [6, 6.07) is 0. The molecule has 1 fully saturated rings. The Balaban J connectivity index is 2.54. The molecule has 1 rings (SSSR count). The Hall–Kier alpha value is -1.19. The highest BCUT2D eigenvalue weighted by Crippen LogP contribution is 2.23. The second kappa shape index (κ2) is 5.05. The van der Waals surface area contributed by atoms with Crippen molar-refractivity contribution in [3.63, 3.8) is 0 Å². The lowest BCUT2D eigenvalue weighted by molar-refractivity contribution is -0.139. The van der Waals surface area contributed by atoms with Gasteiger partial charge in [0.25, 0.3) is 0 Å². The quantitative estimate of drug-likeness (QED) is 0.641. The number of ketones is 1. The van der Waals surface area contributed by atoms with Gasteiger partial charge in [0, 0.05) is 25.3 Å². The van der Waals surface area contributed by atoms with E-state index in [4.69, 9.17) is 0 Å². The normalized spacial score (nSPS) is 21.2. The van der Waals surface area contributed by atoms with E-state index in [2.05, 4.69) is 0 Å². The van der Waals surface area contributed by atoms with E-state index in [-0.39, 0.29) is 36.5 Å². The molecule has 0 N–H and O–H groups in total. The van der Waals surface area contributed by atoms with Crippen molar-refractivity contribution in [1.29, 1.82) is 0 Å². The number of amides is 2. The number of carbonyl (C=O) groups excluding carboxylic acids is 3. The third-order valence-electron chi connectivity index (χ3n) is 2.66. The Morgan fingerprint density at radius 2 is 2.13 bits per heavy atom. The first kappa shape index (κ1) is 11.9. The van der Waals surface area contributed by atoms with E-state index < -0.39 is 0 Å². The summed E-state index contributed by atoms with van der Waals surface area (Å²) < 4.78 is 0. The second-order valence-electron chi connectivity index (χ2n) is 4.03. The smallest absolute Gasteiger partial charge is 0.232 e. The maximum Gasteiger partial charge on any atom is 0.232 e. The van der Waals surface area contributed by atoms with Crippen molar-refractivity contribution in [3.8, 4) is 0 Å². The maximum absolute atomic E-state index is 11.7. The average molecular weight is 211 g/mol. The Labute approximate surface area is 89.6 Å². The highest BCUT2D eigenvalue weighted by atomic mass is 16.2. The summed E-state index contributed by atoms with van der Waals surface area (Å²) in [6.07, 6.45) is 2.27. The Bertz CT molecular complexity index is 286. The summed E-state index contributed by atoms with van der Waals surface area (Å²) in [6.45, 7) is 3.72. The number of imide groups is 1. The zero-order chi connectivity index (χ0) is 11.4. The molecule has 15 heavy (non-hydrogen) atoms. The van der Waals surface area contributed by atoms with Crippen LogP contribution < -0.4 is 0 Å². The lowest BCUT2D eigenvalue weighted by Gasteiger charge is -2.13. The van der Waals surface area contributed by atoms with Gasteiger partial charge < -0.3 is 0 Å². The molecule has 0 aromatic heterocycles. The summed E-state index contributed by atoms with van der Waals surface area (Å²) in [5.41, 5.74) is 0. The van der Waals surface area contributed by atoms with E-state index in [0.29, 0.717) is 6.42 Å². The Kier molecular flexibility index (Phi) is 4.00. The molecule has 2 amide bonds. The zero-order valence-corrected chi connectivity index (χ0v) is 9.28. The van der Waals surface area contributed by atoms with Crippen molar-refractivity contribution in [2.75, 3.05) is 6.54 Å². The van der Waals surface area contributed by atoms with Crippen LogP contribution in [0.1, 0.15) is 39.5 Å². The summed E-state index contributed by atoms with van der Waals surface area (Å²) in [4.78, 5) is 35.2. The number of hydrogen-bond donors (Lipinski definition) is 0. The van der Waals surface area contributed by atoms with Crippen LogP contribution in [-0.4, -0.2) is 29.0 Å². The van der Waals surface area contributed by atoms with Crippen LogP contribution in [0, 0.1) is 5.92 Å². The fourth-order valence-electron chi connectivity index (χ4n) is 1.83. The van der Waals surface area contributed by atoms with Gasteiger partial charge in [0.1, 0.15) is 5.78 Å². The number of rotatable bonds is 5. The fourth-order valence-corrected chi connectivity index (χ4v) is 1.83. The number of carbonyl (C=O) groups is 3. The van der Waals surface area contributed by atoms with Gasteiger partial charge in [-0.05, 0) is 13.3 Å². The monoisotopic (exact) mass is 211 g/mol. The minimum Gasteiger partial charge on any atom is -0.300 e. The van der Waals surface area contributed by atoms with E-state index in [0.717, 1.165) is 12.8 Å². The molecule has 0 spiro atoms. The number of hydrogen-bond acceptors (Lipinski definition) is 3. The molecule has 1 unspecified atom stereocenters. The van der Waals surface area contributed by atoms with Gasteiger partial charge in [-0.3, -0.25) is 19.3 Å². The van der Waals surface area contributed by atoms with Crippen LogP contribution in [0.2, 0.25) is 0 Å². The fraction of sp³-hybridized carbons (Fsp3) is 0.727. The van der Waals surface area contributed by atoms with Gasteiger partial charge in [-0.25, -0.2) is 0 Å². The van der Waals surface area contributed by atoms with Crippen molar-refractivity contribution >= 4 is 17.6 Å². The standard InChI is InChI=1S/C11H17NO3/c1-3-4-9-7-10(14)12(11(9)15)6-5-8(2)13/h9H,3-7H2,1-2H3. The molecule has 0 aliphatic carbocycles. The van der Waals surface area contributed by atoms with Crippen molar-refractivity contribution in [3.05, 3.63) is 0 Å². The first-order valence-corrected chi connectivity index (χ1v) is 5.40. The summed E-state index contributed by atoms with van der Waals surface area (Å²) in [5, 5.41) is 0. The average Bonchev–Trinajstić information content (AvgIpc) is 2.40. The lowest BCUT2D eigenvalue weighted by Crippen LogP contribution is -2.32. The zero-order valence-electron chi connectivity index (χ0n) is 9.28. The predicted molar refractivity (Wildman–Crippen MR) is 55.0 cm³/mol. The van der Waals surface area contributed by atoms with Crippen LogP contribution >= 0.6 is 0 Å². The molecule has 0 bridgehead atoms. The van der Waals surface area contributed by atoms with E-state index in [9.17, 15) is 14.4 Å². The molecule has 0 saturated carbocycles. The molecule has 1 heterocycles. The molecular weight excluding hydrogens is 194 g/mol. The molecule has 1 atom stereocenters. The summed E-state index contributed by atoms with van der Waals surface area (Å²) >= 11 is 0. The number of likely N-dealkylation sites (tertiary alicyclic amines) is 1. The molecule has 4 nitrogen and oxygen atoms in total. The predicted octanol–water partition coefficient (Wildman–Crippen LogP) is 1.14. The Morgan fingerprint density at radius 1 is 1.47 bits per heavy atom. The molecule has 1 aliphatic heterocycles. The third-order valence-corrected chi connectivity index (χ3v) is 2.66. The molecule has 0 aromatic carbocycles. The molecule has 1 saturated heterocycles. The maximum atomic E-state index is 11.7. The van der Waals surface area contributed by atoms with Crippen LogP contribution in [0.3, 0.4) is 0 Å². The van der Waals surface area contributed by atoms with Gasteiger partial charge in [0.05, 0.1) is 0 Å². The number of Topliss-reactive ketones (excluding diaryl/α,β-unsaturated/α-hetero) is 1. The van der Waals surface area contributed by atoms with E-state index in [1.807, 2.05) is 6.92 Å². The topological polar surface area (TPSA) is 54.5 Å². The van der Waals surface area contributed by atoms with Gasteiger partial charge in [-0.2, -0.15) is 0 Å². The van der Waals surface area contributed by atoms with Gasteiger partial charge in [0.2, 0.25) is 11.8 Å². The molecule has 84 valence electrons. The van der Waals surface area contributed by atoms with E-state index >= 15 is 0 Å². The molecule has 1 aliphatic rings. The molecule has 0 aromatic rings. The third kappa shape index (κ3) is 2.88. The SMILES string of the molecule is CCCC1CC(=O)N(CCC(C)=O)C1=O. The van der Waals surface area contributed by atoms with Crippen LogP contribution in [0.5, 0.6) is 0 Å². The first-order valence-electron chi connectivity index (χ1n) is 5.40. The second-order valence-corrected chi connectivity index (χ2v) is 4.03. The minimum atomic E-state index is -0.144. The van der Waals surface area contributed by atoms with Crippen molar-refractivity contribution in [1.82, 2.24) is 4.90 Å². The molecule has 4 heteroatoms. The lowest BCUT2D eigenvalue weighted by atomic mass is 10.0. The van der Waals surface area contributed by atoms with Crippen molar-refractivity contribution < 1.29 is 14.4 Å². The van der Waals surface area contributed by atoms with Crippen LogP contribution in [0.25, 0.3) is 0 Å². The van der Waals surface area contributed by atoms with Gasteiger partial charge in [-0.15, -0.1) is 0 Å². The molecular formula is C11H17NO3. The highest BCUT2D eigenvalue weighted by molar-refractivity contribution is 6.03. The van der Waals surface area contributed by atoms with E-state index in [1.54, 1.807) is 0 Å². The summed E-state index contributed by atoms with van der Waals surface area (Å²) in [7, 11) is 0. The van der Waals surface area contributed by atoms with Crippen LogP contribution in [0.4, 0.5) is 0 Å². The number of nitrogens with zero attached hydrogens (tertiary/aromatic N) is 1. The summed E-state index contributed by atoms with van der Waals surface area (Å²) in [5.74, 6) is -0.355. The van der Waals surface area contributed by atoms with Gasteiger partial charge in [0.15, 0.2) is 0 Å². The largest absolute Gasteiger partial charge is 0.300 e. The van der Waals surface area contributed by atoms with Gasteiger partial charge >= 0.3 is 0 Å². The van der Waals surface area contributed by atoms with Gasteiger partial charge in [-0.1, -0.05) is 13.3 Å². The highest BCUT2D eigenvalue weighted by Gasteiger charge is 2.37. The van der Waals surface area contributed by atoms with Crippen LogP contribution in [-0.2, 0) is 14.4 Å². The van der Waals surface area contributed by atoms with Crippen LogP contribution in [0.15, 0.2) is 0 Å². The minimum absolute atomic E-state index is 0.00883. The molecule has 0 radical (unpaired) electrons. The Morgan fingerprint density at radius 3 is 2.67 bits per heavy atom.